The molecular weight excluding hydrogens is 198 g/mol. The molecule has 0 radical (unpaired) electrons. The van der Waals surface area contributed by atoms with Crippen molar-refractivity contribution in [1.29, 1.82) is 0 Å². The van der Waals surface area contributed by atoms with Gasteiger partial charge >= 0.3 is 0 Å². The summed E-state index contributed by atoms with van der Waals surface area (Å²) in [5.74, 6) is 1.93. The summed E-state index contributed by atoms with van der Waals surface area (Å²) in [4.78, 5) is 4.49. The summed E-state index contributed by atoms with van der Waals surface area (Å²) < 4.78 is 2.23. The van der Waals surface area contributed by atoms with Crippen molar-refractivity contribution in [3.8, 4) is 0 Å². The highest BCUT2D eigenvalue weighted by molar-refractivity contribution is 4.99. The second-order valence-electron chi connectivity index (χ2n) is 4.43. The van der Waals surface area contributed by atoms with Crippen LogP contribution in [0.4, 0.5) is 0 Å². The van der Waals surface area contributed by atoms with Gasteiger partial charge in [0.25, 0.3) is 0 Å². The zero-order chi connectivity index (χ0) is 12.0. The van der Waals surface area contributed by atoms with E-state index < -0.39 is 0 Å². The summed E-state index contributed by atoms with van der Waals surface area (Å²) in [6.07, 6.45) is 6.37. The first-order valence-electron chi connectivity index (χ1n) is 6.47. The highest BCUT2D eigenvalue weighted by Crippen LogP contribution is 2.21. The van der Waals surface area contributed by atoms with Gasteiger partial charge < -0.3 is 9.88 Å². The lowest BCUT2D eigenvalue weighted by Gasteiger charge is -2.21. The van der Waals surface area contributed by atoms with E-state index in [4.69, 9.17) is 0 Å². The SMILES string of the molecule is CCNC(CC(C)CC)c1nccn1CC. The average molecular weight is 223 g/mol. The maximum atomic E-state index is 4.49. The van der Waals surface area contributed by atoms with E-state index in [0.717, 1.165) is 19.0 Å². The van der Waals surface area contributed by atoms with Crippen LogP contribution < -0.4 is 5.32 Å². The Kier molecular flexibility index (Phi) is 5.53. The lowest BCUT2D eigenvalue weighted by atomic mass is 9.99. The largest absolute Gasteiger partial charge is 0.334 e. The van der Waals surface area contributed by atoms with Gasteiger partial charge in [0, 0.05) is 18.9 Å². The van der Waals surface area contributed by atoms with E-state index in [2.05, 4.69) is 48.8 Å². The minimum atomic E-state index is 0.398. The summed E-state index contributed by atoms with van der Waals surface area (Å²) >= 11 is 0. The third-order valence-corrected chi connectivity index (χ3v) is 3.19. The first-order chi connectivity index (χ1) is 7.72. The Morgan fingerprint density at radius 1 is 1.38 bits per heavy atom. The molecule has 1 aromatic heterocycles. The molecule has 0 aromatic carbocycles. The Hall–Kier alpha value is -0.830. The summed E-state index contributed by atoms with van der Waals surface area (Å²) in [6.45, 7) is 10.9. The number of rotatable bonds is 7. The highest BCUT2D eigenvalue weighted by atomic mass is 15.1. The van der Waals surface area contributed by atoms with Crippen molar-refractivity contribution in [1.82, 2.24) is 14.9 Å². The molecule has 1 N–H and O–H groups in total. The van der Waals surface area contributed by atoms with Crippen molar-refractivity contribution in [2.24, 2.45) is 5.92 Å². The Morgan fingerprint density at radius 2 is 2.12 bits per heavy atom. The van der Waals surface area contributed by atoms with Crippen LogP contribution in [0.15, 0.2) is 12.4 Å². The minimum absolute atomic E-state index is 0.398. The smallest absolute Gasteiger partial charge is 0.125 e. The number of imidazole rings is 1. The van der Waals surface area contributed by atoms with Crippen molar-refractivity contribution in [3.05, 3.63) is 18.2 Å². The summed E-state index contributed by atoms with van der Waals surface area (Å²) in [6, 6.07) is 0.398. The molecule has 0 aliphatic carbocycles. The fourth-order valence-corrected chi connectivity index (χ4v) is 1.99. The third-order valence-electron chi connectivity index (χ3n) is 3.19. The van der Waals surface area contributed by atoms with Crippen LogP contribution in [-0.2, 0) is 6.54 Å². The van der Waals surface area contributed by atoms with Gasteiger partial charge in [-0.25, -0.2) is 4.98 Å². The zero-order valence-corrected chi connectivity index (χ0v) is 11.0. The lowest BCUT2D eigenvalue weighted by molar-refractivity contribution is 0.386. The second-order valence-corrected chi connectivity index (χ2v) is 4.43. The van der Waals surface area contributed by atoms with Gasteiger partial charge in [0.1, 0.15) is 5.82 Å². The molecule has 2 atom stereocenters. The van der Waals surface area contributed by atoms with Crippen molar-refractivity contribution in [2.75, 3.05) is 6.54 Å². The zero-order valence-electron chi connectivity index (χ0n) is 11.0. The molecule has 0 bridgehead atoms. The second kappa shape index (κ2) is 6.69. The van der Waals surface area contributed by atoms with Crippen LogP contribution in [0.2, 0.25) is 0 Å². The van der Waals surface area contributed by atoms with Crippen LogP contribution in [0.1, 0.15) is 52.4 Å². The molecule has 0 aliphatic heterocycles. The topological polar surface area (TPSA) is 29.9 Å². The molecule has 3 heteroatoms. The molecular formula is C13H25N3. The first kappa shape index (κ1) is 13.2. The normalized spacial score (nSPS) is 15.0. The first-order valence-corrected chi connectivity index (χ1v) is 6.47. The minimum Gasteiger partial charge on any atom is -0.334 e. The molecule has 0 saturated heterocycles. The van der Waals surface area contributed by atoms with Crippen molar-refractivity contribution in [3.63, 3.8) is 0 Å². The lowest BCUT2D eigenvalue weighted by Crippen LogP contribution is -2.25. The van der Waals surface area contributed by atoms with Gasteiger partial charge in [-0.1, -0.05) is 27.2 Å². The van der Waals surface area contributed by atoms with E-state index >= 15 is 0 Å². The van der Waals surface area contributed by atoms with Gasteiger partial charge in [-0.2, -0.15) is 0 Å². The molecule has 0 amide bonds. The van der Waals surface area contributed by atoms with Crippen LogP contribution in [0, 0.1) is 5.92 Å². The number of hydrogen-bond donors (Lipinski definition) is 1. The van der Waals surface area contributed by atoms with E-state index in [1.165, 1.54) is 18.7 Å². The fourth-order valence-electron chi connectivity index (χ4n) is 1.99. The Bertz CT molecular complexity index is 293. The number of nitrogens with one attached hydrogen (secondary N) is 1. The van der Waals surface area contributed by atoms with Crippen LogP contribution in [0.25, 0.3) is 0 Å². The van der Waals surface area contributed by atoms with E-state index in [0.29, 0.717) is 6.04 Å². The van der Waals surface area contributed by atoms with Crippen LogP contribution in [-0.4, -0.2) is 16.1 Å². The Balaban J connectivity index is 2.76. The number of nitrogens with zero attached hydrogens (tertiary/aromatic N) is 2. The van der Waals surface area contributed by atoms with Gasteiger partial charge in [0.05, 0.1) is 6.04 Å². The van der Waals surface area contributed by atoms with Crippen molar-refractivity contribution >= 4 is 0 Å². The maximum Gasteiger partial charge on any atom is 0.125 e. The third kappa shape index (κ3) is 3.34. The van der Waals surface area contributed by atoms with Gasteiger partial charge in [-0.05, 0) is 25.8 Å². The average Bonchev–Trinajstić information content (AvgIpc) is 2.76. The van der Waals surface area contributed by atoms with E-state index in [1.54, 1.807) is 0 Å². The fraction of sp³-hybridized carbons (Fsp3) is 0.769. The molecule has 2 unspecified atom stereocenters. The van der Waals surface area contributed by atoms with E-state index in [1.807, 2.05) is 6.20 Å². The predicted molar refractivity (Wildman–Crippen MR) is 68.4 cm³/mol. The van der Waals surface area contributed by atoms with E-state index in [9.17, 15) is 0 Å². The Morgan fingerprint density at radius 3 is 2.69 bits per heavy atom. The molecule has 92 valence electrons. The Labute approximate surface area is 99.3 Å². The predicted octanol–water partition coefficient (Wildman–Crippen LogP) is 2.99. The summed E-state index contributed by atoms with van der Waals surface area (Å²) in [7, 11) is 0. The molecule has 3 nitrogen and oxygen atoms in total. The molecule has 1 aromatic rings. The van der Waals surface area contributed by atoms with Crippen LogP contribution >= 0.6 is 0 Å². The van der Waals surface area contributed by atoms with Gasteiger partial charge in [-0.3, -0.25) is 0 Å². The highest BCUT2D eigenvalue weighted by Gasteiger charge is 2.17. The molecule has 1 rings (SSSR count). The molecule has 16 heavy (non-hydrogen) atoms. The maximum absolute atomic E-state index is 4.49. The van der Waals surface area contributed by atoms with Crippen molar-refractivity contribution < 1.29 is 0 Å². The monoisotopic (exact) mass is 223 g/mol. The van der Waals surface area contributed by atoms with Gasteiger partial charge in [0.2, 0.25) is 0 Å². The summed E-state index contributed by atoms with van der Waals surface area (Å²) in [5, 5.41) is 3.54. The standard InChI is InChI=1S/C13H25N3/c1-5-11(4)10-12(14-6-2)13-15-8-9-16(13)7-3/h8-9,11-12,14H,5-7,10H2,1-4H3. The molecule has 0 aliphatic rings. The van der Waals surface area contributed by atoms with Crippen LogP contribution in [0.5, 0.6) is 0 Å². The molecule has 0 spiro atoms. The van der Waals surface area contributed by atoms with Gasteiger partial charge in [-0.15, -0.1) is 0 Å². The van der Waals surface area contributed by atoms with Crippen molar-refractivity contribution in [2.45, 2.75) is 53.1 Å². The summed E-state index contributed by atoms with van der Waals surface area (Å²) in [5.41, 5.74) is 0. The molecule has 0 saturated carbocycles. The van der Waals surface area contributed by atoms with Crippen LogP contribution in [0.3, 0.4) is 0 Å². The molecule has 0 fully saturated rings. The number of hydrogen-bond acceptors (Lipinski definition) is 2. The van der Waals surface area contributed by atoms with Gasteiger partial charge in [0.15, 0.2) is 0 Å². The molecule has 1 heterocycles. The quantitative estimate of drug-likeness (QED) is 0.770. The van der Waals surface area contributed by atoms with E-state index in [-0.39, 0.29) is 0 Å². The number of aromatic nitrogens is 2. The number of aryl methyl sites for hydroxylation is 1.